The van der Waals surface area contributed by atoms with Gasteiger partial charge in [0.05, 0.1) is 23.6 Å². The summed E-state index contributed by atoms with van der Waals surface area (Å²) in [5, 5.41) is 4.22. The fraction of sp³-hybridized carbons (Fsp3) is 0.391. The van der Waals surface area contributed by atoms with E-state index in [1.54, 1.807) is 6.07 Å². The van der Waals surface area contributed by atoms with Crippen LogP contribution in [0.2, 0.25) is 10.0 Å². The molecule has 1 unspecified atom stereocenters. The third-order valence-corrected chi connectivity index (χ3v) is 5.76. The predicted molar refractivity (Wildman–Crippen MR) is 125 cm³/mol. The molecule has 1 fully saturated rings. The maximum atomic E-state index is 12.2. The maximum absolute atomic E-state index is 12.2. The van der Waals surface area contributed by atoms with Gasteiger partial charge in [0.2, 0.25) is 5.95 Å². The molecule has 0 spiro atoms. The lowest BCUT2D eigenvalue weighted by molar-refractivity contribution is 0.0509. The first kappa shape index (κ1) is 21.8. The molecule has 4 rings (SSSR count). The SMILES string of the molecule is CC(C)(C)OC(=O)NC1CCN(c2nc3ccccc3n2Cc2ccc(Cl)cc2Cl)C1. The lowest BCUT2D eigenvalue weighted by Gasteiger charge is -2.22. The van der Waals surface area contributed by atoms with E-state index >= 15 is 0 Å². The molecule has 1 N–H and O–H groups in total. The summed E-state index contributed by atoms with van der Waals surface area (Å²) < 4.78 is 7.57. The largest absolute Gasteiger partial charge is 0.444 e. The number of nitrogens with one attached hydrogen (secondary N) is 1. The van der Waals surface area contributed by atoms with E-state index in [-0.39, 0.29) is 12.1 Å². The highest BCUT2D eigenvalue weighted by atomic mass is 35.5. The van der Waals surface area contributed by atoms with Crippen molar-refractivity contribution >= 4 is 46.3 Å². The van der Waals surface area contributed by atoms with Crippen molar-refractivity contribution in [2.45, 2.75) is 45.4 Å². The first-order valence-corrected chi connectivity index (χ1v) is 11.1. The van der Waals surface area contributed by atoms with Gasteiger partial charge in [-0.2, -0.15) is 0 Å². The number of hydrogen-bond donors (Lipinski definition) is 1. The molecule has 0 bridgehead atoms. The lowest BCUT2D eigenvalue weighted by atomic mass is 10.2. The summed E-state index contributed by atoms with van der Waals surface area (Å²) in [6.45, 7) is 7.61. The number of para-hydroxylation sites is 2. The molecule has 0 aliphatic carbocycles. The maximum Gasteiger partial charge on any atom is 0.407 e. The van der Waals surface area contributed by atoms with E-state index < -0.39 is 5.60 Å². The van der Waals surface area contributed by atoms with Gasteiger partial charge in [0.1, 0.15) is 5.60 Å². The van der Waals surface area contributed by atoms with Crippen LogP contribution in [-0.2, 0) is 11.3 Å². The summed E-state index contributed by atoms with van der Waals surface area (Å²) in [7, 11) is 0. The van der Waals surface area contributed by atoms with Gasteiger partial charge in [-0.3, -0.25) is 0 Å². The van der Waals surface area contributed by atoms with Crippen molar-refractivity contribution in [2.75, 3.05) is 18.0 Å². The smallest absolute Gasteiger partial charge is 0.407 e. The topological polar surface area (TPSA) is 59.4 Å². The number of ether oxygens (including phenoxy) is 1. The summed E-state index contributed by atoms with van der Waals surface area (Å²) in [5.74, 6) is 0.862. The second kappa shape index (κ2) is 8.60. The van der Waals surface area contributed by atoms with Crippen LogP contribution in [0.15, 0.2) is 42.5 Å². The van der Waals surface area contributed by atoms with Crippen LogP contribution in [0, 0.1) is 0 Å². The zero-order chi connectivity index (χ0) is 22.2. The van der Waals surface area contributed by atoms with E-state index in [2.05, 4.69) is 20.9 Å². The Kier molecular flexibility index (Phi) is 6.04. The highest BCUT2D eigenvalue weighted by Crippen LogP contribution is 2.29. The van der Waals surface area contributed by atoms with Crippen LogP contribution >= 0.6 is 23.2 Å². The van der Waals surface area contributed by atoms with Crippen LogP contribution in [0.4, 0.5) is 10.7 Å². The van der Waals surface area contributed by atoms with Crippen molar-refractivity contribution in [3.05, 3.63) is 58.1 Å². The number of carbonyl (C=O) groups is 1. The van der Waals surface area contributed by atoms with Crippen LogP contribution in [0.25, 0.3) is 11.0 Å². The standard InChI is InChI=1S/C23H26Cl2N4O2/c1-23(2,3)31-22(30)26-17-10-11-28(14-17)21-27-19-6-4-5-7-20(19)29(21)13-15-8-9-16(24)12-18(15)25/h4-9,12,17H,10-11,13-14H2,1-3H3,(H,26,30). The van der Waals surface area contributed by atoms with Gasteiger partial charge in [0.25, 0.3) is 0 Å². The van der Waals surface area contributed by atoms with Crippen molar-refractivity contribution < 1.29 is 9.53 Å². The fourth-order valence-corrected chi connectivity index (χ4v) is 4.28. The highest BCUT2D eigenvalue weighted by Gasteiger charge is 2.29. The van der Waals surface area contributed by atoms with E-state index in [0.29, 0.717) is 23.1 Å². The summed E-state index contributed by atoms with van der Waals surface area (Å²) in [6, 6.07) is 13.6. The van der Waals surface area contributed by atoms with Crippen molar-refractivity contribution in [1.29, 1.82) is 0 Å². The molecule has 1 atom stereocenters. The van der Waals surface area contributed by atoms with E-state index in [0.717, 1.165) is 35.5 Å². The molecule has 1 amide bonds. The second-order valence-electron chi connectivity index (χ2n) is 8.80. The minimum Gasteiger partial charge on any atom is -0.444 e. The Bertz CT molecular complexity index is 1110. The number of alkyl carbamates (subject to hydrolysis) is 1. The van der Waals surface area contributed by atoms with Crippen LogP contribution in [0.3, 0.4) is 0 Å². The third kappa shape index (κ3) is 5.08. The summed E-state index contributed by atoms with van der Waals surface area (Å²) in [4.78, 5) is 19.3. The Hall–Kier alpha value is -2.44. The van der Waals surface area contributed by atoms with Crippen molar-refractivity contribution in [3.8, 4) is 0 Å². The highest BCUT2D eigenvalue weighted by molar-refractivity contribution is 6.35. The number of fused-ring (bicyclic) bond motifs is 1. The van der Waals surface area contributed by atoms with Crippen LogP contribution in [-0.4, -0.2) is 40.4 Å². The van der Waals surface area contributed by atoms with Gasteiger partial charge in [-0.25, -0.2) is 9.78 Å². The predicted octanol–water partition coefficient (Wildman–Crippen LogP) is 5.49. The number of hydrogen-bond acceptors (Lipinski definition) is 4. The van der Waals surface area contributed by atoms with Crippen molar-refractivity contribution in [1.82, 2.24) is 14.9 Å². The number of rotatable bonds is 4. The van der Waals surface area contributed by atoms with Crippen LogP contribution in [0.5, 0.6) is 0 Å². The first-order valence-electron chi connectivity index (χ1n) is 10.3. The Morgan fingerprint density at radius 1 is 1.23 bits per heavy atom. The lowest BCUT2D eigenvalue weighted by Crippen LogP contribution is -2.40. The molecule has 31 heavy (non-hydrogen) atoms. The Labute approximate surface area is 192 Å². The molecule has 2 aromatic carbocycles. The fourth-order valence-electron chi connectivity index (χ4n) is 3.81. The number of aromatic nitrogens is 2. The number of nitrogens with zero attached hydrogens (tertiary/aromatic N) is 3. The van der Waals surface area contributed by atoms with Gasteiger partial charge in [0, 0.05) is 23.1 Å². The zero-order valence-corrected chi connectivity index (χ0v) is 19.4. The minimum absolute atomic E-state index is 0.00207. The average Bonchev–Trinajstić information content (AvgIpc) is 3.27. The third-order valence-electron chi connectivity index (χ3n) is 5.17. The van der Waals surface area contributed by atoms with Gasteiger partial charge in [-0.1, -0.05) is 41.4 Å². The summed E-state index contributed by atoms with van der Waals surface area (Å²) >= 11 is 12.5. The van der Waals surface area contributed by atoms with Crippen molar-refractivity contribution in [2.24, 2.45) is 0 Å². The quantitative estimate of drug-likeness (QED) is 0.558. The van der Waals surface area contributed by atoms with Gasteiger partial charge < -0.3 is 19.5 Å². The number of benzene rings is 2. The molecule has 2 heterocycles. The number of imidazole rings is 1. The molecule has 1 aliphatic heterocycles. The Balaban J connectivity index is 1.58. The van der Waals surface area contributed by atoms with E-state index in [4.69, 9.17) is 32.9 Å². The molecule has 6 nitrogen and oxygen atoms in total. The molecule has 8 heteroatoms. The van der Waals surface area contributed by atoms with Gasteiger partial charge in [-0.05, 0) is 57.0 Å². The van der Waals surface area contributed by atoms with E-state index in [9.17, 15) is 4.79 Å². The number of anilines is 1. The van der Waals surface area contributed by atoms with Crippen molar-refractivity contribution in [3.63, 3.8) is 0 Å². The van der Waals surface area contributed by atoms with Crippen LogP contribution < -0.4 is 10.2 Å². The molecular formula is C23H26Cl2N4O2. The Morgan fingerprint density at radius 3 is 2.74 bits per heavy atom. The molecular weight excluding hydrogens is 435 g/mol. The van der Waals surface area contributed by atoms with Gasteiger partial charge >= 0.3 is 6.09 Å². The molecule has 0 saturated carbocycles. The second-order valence-corrected chi connectivity index (χ2v) is 9.64. The van der Waals surface area contributed by atoms with Gasteiger partial charge in [0.15, 0.2) is 0 Å². The van der Waals surface area contributed by atoms with Crippen LogP contribution in [0.1, 0.15) is 32.8 Å². The van der Waals surface area contributed by atoms with E-state index in [1.807, 2.05) is 51.1 Å². The number of halogens is 2. The molecule has 1 aromatic heterocycles. The summed E-state index contributed by atoms with van der Waals surface area (Å²) in [6.07, 6.45) is 0.435. The molecule has 1 saturated heterocycles. The number of amides is 1. The summed E-state index contributed by atoms with van der Waals surface area (Å²) in [5.41, 5.74) is 2.41. The van der Waals surface area contributed by atoms with E-state index in [1.165, 1.54) is 0 Å². The molecule has 0 radical (unpaired) electrons. The minimum atomic E-state index is -0.520. The monoisotopic (exact) mass is 460 g/mol. The number of carbonyl (C=O) groups excluding carboxylic acids is 1. The van der Waals surface area contributed by atoms with Gasteiger partial charge in [-0.15, -0.1) is 0 Å². The molecule has 3 aromatic rings. The Morgan fingerprint density at radius 2 is 2.00 bits per heavy atom. The zero-order valence-electron chi connectivity index (χ0n) is 17.9. The molecule has 164 valence electrons. The normalized spacial score (nSPS) is 16.7. The molecule has 1 aliphatic rings. The first-order chi connectivity index (χ1) is 14.7. The average molecular weight is 461 g/mol.